The summed E-state index contributed by atoms with van der Waals surface area (Å²) in [6, 6.07) is 11.5. The number of nitrogens with one attached hydrogen (secondary N) is 2. The molecule has 0 bridgehead atoms. The summed E-state index contributed by atoms with van der Waals surface area (Å²) in [5.41, 5.74) is 2.42. The van der Waals surface area contributed by atoms with E-state index in [1.165, 1.54) is 12.3 Å². The molecule has 0 aliphatic carbocycles. The van der Waals surface area contributed by atoms with E-state index in [1.54, 1.807) is 30.5 Å². The fourth-order valence-electron chi connectivity index (χ4n) is 5.29. The van der Waals surface area contributed by atoms with Crippen molar-refractivity contribution in [2.75, 3.05) is 44.2 Å². The zero-order valence-corrected chi connectivity index (χ0v) is 23.7. The summed E-state index contributed by atoms with van der Waals surface area (Å²) in [5.74, 6) is -0.286. The molecule has 43 heavy (non-hydrogen) atoms. The number of amides is 2. The van der Waals surface area contributed by atoms with Crippen LogP contribution in [0.5, 0.6) is 0 Å². The van der Waals surface area contributed by atoms with E-state index < -0.39 is 23.9 Å². The molecule has 228 valence electrons. The van der Waals surface area contributed by atoms with Crippen molar-refractivity contribution in [2.45, 2.75) is 38.2 Å². The van der Waals surface area contributed by atoms with Crippen LogP contribution in [0.1, 0.15) is 46.4 Å². The minimum Gasteiger partial charge on any atom is -0.465 e. The SMILES string of the molecule is C[C@@H](NC(=O)c1cncc(N2CCN(C[C@@H]3CCO3)CC2)c1)c1ccc(-c2cc(C(F)(F)F)ccc2CNC(=O)O)cc1. The lowest BCUT2D eigenvalue weighted by Crippen LogP contribution is -2.50. The zero-order valence-electron chi connectivity index (χ0n) is 23.7. The first-order valence-corrected chi connectivity index (χ1v) is 14.2. The molecule has 3 heterocycles. The molecule has 1 aromatic heterocycles. The van der Waals surface area contributed by atoms with Crippen LogP contribution >= 0.6 is 0 Å². The third kappa shape index (κ3) is 7.63. The molecule has 5 rings (SSSR count). The fraction of sp³-hybridized carbons (Fsp3) is 0.387. The highest BCUT2D eigenvalue weighted by atomic mass is 19.4. The maximum atomic E-state index is 13.4. The van der Waals surface area contributed by atoms with Crippen molar-refractivity contribution >= 4 is 17.7 Å². The molecule has 2 saturated heterocycles. The Bertz CT molecular complexity index is 1440. The molecule has 2 aromatic carbocycles. The van der Waals surface area contributed by atoms with Crippen molar-refractivity contribution in [1.29, 1.82) is 0 Å². The van der Waals surface area contributed by atoms with Gasteiger partial charge in [0.05, 0.1) is 35.2 Å². The van der Waals surface area contributed by atoms with Crippen molar-refractivity contribution in [3.05, 3.63) is 83.2 Å². The van der Waals surface area contributed by atoms with Crippen LogP contribution in [0.25, 0.3) is 11.1 Å². The number of hydrogen-bond acceptors (Lipinski definition) is 6. The Hall–Kier alpha value is -4.16. The molecule has 2 aliphatic rings. The van der Waals surface area contributed by atoms with Gasteiger partial charge in [-0.05, 0) is 53.8 Å². The Kier molecular flexibility index (Phi) is 9.16. The second kappa shape index (κ2) is 13.0. The van der Waals surface area contributed by atoms with Gasteiger partial charge >= 0.3 is 12.3 Å². The highest BCUT2D eigenvalue weighted by Crippen LogP contribution is 2.34. The van der Waals surface area contributed by atoms with Crippen LogP contribution in [-0.2, 0) is 17.5 Å². The largest absolute Gasteiger partial charge is 0.465 e. The molecule has 2 fully saturated rings. The topological polar surface area (TPSA) is 107 Å². The molecule has 0 saturated carbocycles. The van der Waals surface area contributed by atoms with E-state index in [9.17, 15) is 22.8 Å². The zero-order chi connectivity index (χ0) is 30.6. The number of anilines is 1. The number of carbonyl (C=O) groups is 2. The monoisotopic (exact) mass is 597 g/mol. The van der Waals surface area contributed by atoms with Gasteiger partial charge in [-0.25, -0.2) is 4.79 Å². The van der Waals surface area contributed by atoms with Crippen LogP contribution < -0.4 is 15.5 Å². The van der Waals surface area contributed by atoms with E-state index in [0.717, 1.165) is 69.1 Å². The predicted octanol–water partition coefficient (Wildman–Crippen LogP) is 4.94. The average Bonchev–Trinajstić information content (AvgIpc) is 2.97. The molecule has 0 unspecified atom stereocenters. The molecule has 0 radical (unpaired) electrons. The van der Waals surface area contributed by atoms with E-state index in [4.69, 9.17) is 9.84 Å². The van der Waals surface area contributed by atoms with Crippen LogP contribution in [0.2, 0.25) is 0 Å². The van der Waals surface area contributed by atoms with Gasteiger partial charge in [0.25, 0.3) is 5.91 Å². The first kappa shape index (κ1) is 30.3. The van der Waals surface area contributed by atoms with E-state index in [-0.39, 0.29) is 18.0 Å². The standard InChI is InChI=1S/C31H34F3N5O4/c1-20(21-2-4-22(5-3-21)28-15-25(31(32,33)34)7-6-23(28)17-36-30(41)42)37-29(40)24-14-26(18-35-16-24)39-11-9-38(10-12-39)19-27-8-13-43-27/h2-7,14-16,18,20,27,36H,8-13,17,19H2,1H3,(H,37,40)(H,41,42)/t20-,27+/m1/s1. The number of benzene rings is 2. The van der Waals surface area contributed by atoms with Crippen molar-refractivity contribution in [3.63, 3.8) is 0 Å². The predicted molar refractivity (Wildman–Crippen MR) is 155 cm³/mol. The van der Waals surface area contributed by atoms with Crippen LogP contribution in [0.4, 0.5) is 23.7 Å². The molecule has 2 atom stereocenters. The lowest BCUT2D eigenvalue weighted by Gasteiger charge is -2.39. The smallest absolute Gasteiger partial charge is 0.416 e. The summed E-state index contributed by atoms with van der Waals surface area (Å²) in [5, 5.41) is 14.1. The first-order valence-electron chi connectivity index (χ1n) is 14.2. The Morgan fingerprint density at radius 1 is 1.07 bits per heavy atom. The highest BCUT2D eigenvalue weighted by Gasteiger charge is 2.31. The molecule has 2 amide bonds. The third-order valence-electron chi connectivity index (χ3n) is 7.92. The normalized spacial score (nSPS) is 18.0. The molecular formula is C31H34F3N5O4. The van der Waals surface area contributed by atoms with Gasteiger partial charge in [-0.15, -0.1) is 0 Å². The number of piperazine rings is 1. The summed E-state index contributed by atoms with van der Waals surface area (Å²) in [6.07, 6.45) is -1.07. The number of nitrogens with zero attached hydrogens (tertiary/aromatic N) is 3. The van der Waals surface area contributed by atoms with E-state index in [2.05, 4.69) is 25.4 Å². The van der Waals surface area contributed by atoms with Crippen LogP contribution in [0.3, 0.4) is 0 Å². The number of carbonyl (C=O) groups excluding carboxylic acids is 1. The Balaban J connectivity index is 1.23. The maximum Gasteiger partial charge on any atom is 0.416 e. The number of carboxylic acid groups (broad SMARTS) is 1. The minimum absolute atomic E-state index is 0.144. The fourth-order valence-corrected chi connectivity index (χ4v) is 5.29. The van der Waals surface area contributed by atoms with Crippen molar-refractivity contribution in [3.8, 4) is 11.1 Å². The molecule has 2 aliphatic heterocycles. The van der Waals surface area contributed by atoms with Gasteiger partial charge in [0.1, 0.15) is 0 Å². The third-order valence-corrected chi connectivity index (χ3v) is 7.92. The van der Waals surface area contributed by atoms with Gasteiger partial charge in [-0.1, -0.05) is 30.3 Å². The van der Waals surface area contributed by atoms with Gasteiger partial charge in [0, 0.05) is 52.1 Å². The van der Waals surface area contributed by atoms with Gasteiger partial charge in [-0.2, -0.15) is 13.2 Å². The Morgan fingerprint density at radius 3 is 2.42 bits per heavy atom. The van der Waals surface area contributed by atoms with Gasteiger partial charge in [-0.3, -0.25) is 14.7 Å². The van der Waals surface area contributed by atoms with Gasteiger partial charge in [0.15, 0.2) is 0 Å². The molecule has 3 N–H and O–H groups in total. The lowest BCUT2D eigenvalue weighted by atomic mass is 9.95. The number of aromatic nitrogens is 1. The van der Waals surface area contributed by atoms with Crippen molar-refractivity contribution in [2.24, 2.45) is 0 Å². The number of rotatable bonds is 9. The number of ether oxygens (including phenoxy) is 1. The quantitative estimate of drug-likeness (QED) is 0.321. The summed E-state index contributed by atoms with van der Waals surface area (Å²) in [7, 11) is 0. The van der Waals surface area contributed by atoms with E-state index in [1.807, 2.05) is 13.0 Å². The summed E-state index contributed by atoms with van der Waals surface area (Å²) < 4.78 is 45.7. The molecule has 0 spiro atoms. The van der Waals surface area contributed by atoms with Crippen LogP contribution in [-0.4, -0.2) is 72.4 Å². The lowest BCUT2D eigenvalue weighted by molar-refractivity contribution is -0.137. The van der Waals surface area contributed by atoms with Gasteiger partial charge in [0.2, 0.25) is 0 Å². The number of halogens is 3. The highest BCUT2D eigenvalue weighted by molar-refractivity contribution is 5.95. The van der Waals surface area contributed by atoms with E-state index >= 15 is 0 Å². The summed E-state index contributed by atoms with van der Waals surface area (Å²) in [4.78, 5) is 33.0. The number of hydrogen-bond donors (Lipinski definition) is 3. The Morgan fingerprint density at radius 2 is 1.79 bits per heavy atom. The van der Waals surface area contributed by atoms with Crippen molar-refractivity contribution in [1.82, 2.24) is 20.5 Å². The van der Waals surface area contributed by atoms with Gasteiger partial charge < -0.3 is 25.4 Å². The summed E-state index contributed by atoms with van der Waals surface area (Å²) in [6.45, 7) is 6.99. The molecule has 3 aromatic rings. The van der Waals surface area contributed by atoms with Crippen LogP contribution in [0.15, 0.2) is 60.9 Å². The number of pyridine rings is 1. The molecule has 9 nitrogen and oxygen atoms in total. The number of alkyl halides is 3. The minimum atomic E-state index is -4.54. The van der Waals surface area contributed by atoms with Crippen molar-refractivity contribution < 1.29 is 32.6 Å². The van der Waals surface area contributed by atoms with E-state index in [0.29, 0.717) is 22.8 Å². The van der Waals surface area contributed by atoms with Crippen LogP contribution in [0, 0.1) is 0 Å². The summed E-state index contributed by atoms with van der Waals surface area (Å²) >= 11 is 0. The average molecular weight is 598 g/mol. The maximum absolute atomic E-state index is 13.4. The second-order valence-corrected chi connectivity index (χ2v) is 10.8. The molecule has 12 heteroatoms. The second-order valence-electron chi connectivity index (χ2n) is 10.8. The molecular weight excluding hydrogens is 563 g/mol. The first-order chi connectivity index (χ1) is 20.6. The Labute approximate surface area is 247 Å².